The van der Waals surface area contributed by atoms with Gasteiger partial charge in [0, 0.05) is 12.1 Å². The average Bonchev–Trinajstić information content (AvgIpc) is 2.50. The van der Waals surface area contributed by atoms with Gasteiger partial charge >= 0.3 is 0 Å². The summed E-state index contributed by atoms with van der Waals surface area (Å²) < 4.78 is 0. The number of hydrogen-bond donors (Lipinski definition) is 1. The lowest BCUT2D eigenvalue weighted by atomic mass is 10.0. The van der Waals surface area contributed by atoms with Crippen molar-refractivity contribution in [2.24, 2.45) is 0 Å². The van der Waals surface area contributed by atoms with Crippen LogP contribution in [0.25, 0.3) is 0 Å². The summed E-state index contributed by atoms with van der Waals surface area (Å²) in [4.78, 5) is 5.00. The van der Waals surface area contributed by atoms with E-state index in [4.69, 9.17) is 0 Å². The minimum Gasteiger partial charge on any atom is -0.313 e. The SMILES string of the molecule is CNC(CCN1CCC(N(C)C)CC1)c1ccc(C)cc1. The van der Waals surface area contributed by atoms with Crippen LogP contribution in [-0.4, -0.2) is 56.6 Å². The average molecular weight is 289 g/mol. The third kappa shape index (κ3) is 4.80. The van der Waals surface area contributed by atoms with E-state index in [0.717, 1.165) is 6.04 Å². The molecule has 1 unspecified atom stereocenters. The Balaban J connectivity index is 1.80. The molecule has 1 N–H and O–H groups in total. The van der Waals surface area contributed by atoms with Gasteiger partial charge in [0.1, 0.15) is 0 Å². The third-order valence-corrected chi connectivity index (χ3v) is 4.85. The Morgan fingerprint density at radius 1 is 1.19 bits per heavy atom. The van der Waals surface area contributed by atoms with Crippen LogP contribution in [0, 0.1) is 6.92 Å². The van der Waals surface area contributed by atoms with Gasteiger partial charge in [-0.2, -0.15) is 0 Å². The first-order valence-corrected chi connectivity index (χ1v) is 8.22. The lowest BCUT2D eigenvalue weighted by Crippen LogP contribution is -2.42. The van der Waals surface area contributed by atoms with Crippen LogP contribution >= 0.6 is 0 Å². The number of nitrogens with zero attached hydrogens (tertiary/aromatic N) is 2. The van der Waals surface area contributed by atoms with Gasteiger partial charge in [-0.05, 0) is 72.5 Å². The Morgan fingerprint density at radius 3 is 2.33 bits per heavy atom. The van der Waals surface area contributed by atoms with Crippen molar-refractivity contribution in [2.75, 3.05) is 40.8 Å². The second-order valence-corrected chi connectivity index (χ2v) is 6.58. The van der Waals surface area contributed by atoms with Gasteiger partial charge in [0.15, 0.2) is 0 Å². The zero-order chi connectivity index (χ0) is 15.2. The Kier molecular flexibility index (Phi) is 6.22. The summed E-state index contributed by atoms with van der Waals surface area (Å²) >= 11 is 0. The molecule has 0 saturated carbocycles. The lowest BCUT2D eigenvalue weighted by molar-refractivity contribution is 0.141. The molecule has 3 nitrogen and oxygen atoms in total. The number of hydrogen-bond acceptors (Lipinski definition) is 3. The van der Waals surface area contributed by atoms with Crippen molar-refractivity contribution in [3.8, 4) is 0 Å². The van der Waals surface area contributed by atoms with Crippen molar-refractivity contribution < 1.29 is 0 Å². The second kappa shape index (κ2) is 7.92. The second-order valence-electron chi connectivity index (χ2n) is 6.58. The highest BCUT2D eigenvalue weighted by atomic mass is 15.2. The first kappa shape index (κ1) is 16.5. The van der Waals surface area contributed by atoms with Crippen molar-refractivity contribution >= 4 is 0 Å². The highest BCUT2D eigenvalue weighted by molar-refractivity contribution is 5.24. The Labute approximate surface area is 130 Å². The van der Waals surface area contributed by atoms with Crippen LogP contribution in [-0.2, 0) is 0 Å². The van der Waals surface area contributed by atoms with Crippen LogP contribution in [0.3, 0.4) is 0 Å². The molecule has 0 spiro atoms. The van der Waals surface area contributed by atoms with Crippen LogP contribution in [0.5, 0.6) is 0 Å². The quantitative estimate of drug-likeness (QED) is 0.868. The molecule has 1 aromatic carbocycles. The Bertz CT molecular complexity index is 405. The molecule has 0 aromatic heterocycles. The first-order valence-electron chi connectivity index (χ1n) is 8.22. The highest BCUT2D eigenvalue weighted by Gasteiger charge is 2.21. The van der Waals surface area contributed by atoms with E-state index in [1.807, 2.05) is 0 Å². The molecule has 0 aliphatic carbocycles. The molecule has 1 aromatic rings. The van der Waals surface area contributed by atoms with E-state index in [2.05, 4.69) is 67.4 Å². The minimum absolute atomic E-state index is 0.470. The van der Waals surface area contributed by atoms with E-state index in [-0.39, 0.29) is 0 Å². The number of benzene rings is 1. The molecule has 3 heteroatoms. The van der Waals surface area contributed by atoms with E-state index >= 15 is 0 Å². The van der Waals surface area contributed by atoms with Crippen molar-refractivity contribution in [1.29, 1.82) is 0 Å². The highest BCUT2D eigenvalue weighted by Crippen LogP contribution is 2.20. The zero-order valence-electron chi connectivity index (χ0n) is 14.1. The maximum absolute atomic E-state index is 3.47. The predicted octanol–water partition coefficient (Wildman–Crippen LogP) is 2.67. The number of likely N-dealkylation sites (tertiary alicyclic amines) is 1. The van der Waals surface area contributed by atoms with E-state index < -0.39 is 0 Å². The monoisotopic (exact) mass is 289 g/mol. The molecule has 0 amide bonds. The zero-order valence-corrected chi connectivity index (χ0v) is 14.1. The molecule has 1 aliphatic rings. The molecule has 2 rings (SSSR count). The van der Waals surface area contributed by atoms with Crippen LogP contribution in [0.2, 0.25) is 0 Å². The van der Waals surface area contributed by atoms with Gasteiger partial charge in [-0.25, -0.2) is 0 Å². The van der Waals surface area contributed by atoms with Crippen molar-refractivity contribution in [1.82, 2.24) is 15.1 Å². The smallest absolute Gasteiger partial charge is 0.0329 e. The van der Waals surface area contributed by atoms with E-state index in [9.17, 15) is 0 Å². The number of nitrogens with one attached hydrogen (secondary N) is 1. The van der Waals surface area contributed by atoms with E-state index in [1.54, 1.807) is 0 Å². The number of piperidine rings is 1. The summed E-state index contributed by atoms with van der Waals surface area (Å²) in [5.74, 6) is 0. The summed E-state index contributed by atoms with van der Waals surface area (Å²) in [6.07, 6.45) is 3.80. The summed E-state index contributed by atoms with van der Waals surface area (Å²) in [7, 11) is 6.48. The standard InChI is InChI=1S/C18H31N3/c1-15-5-7-16(8-6-15)18(19-2)11-14-21-12-9-17(10-13-21)20(3)4/h5-8,17-19H,9-14H2,1-4H3. The number of aryl methyl sites for hydroxylation is 1. The van der Waals surface area contributed by atoms with Gasteiger partial charge in [-0.15, -0.1) is 0 Å². The van der Waals surface area contributed by atoms with Crippen LogP contribution in [0.4, 0.5) is 0 Å². The van der Waals surface area contributed by atoms with Gasteiger partial charge in [-0.3, -0.25) is 0 Å². The largest absolute Gasteiger partial charge is 0.313 e. The molecular formula is C18H31N3. The molecule has 0 radical (unpaired) electrons. The van der Waals surface area contributed by atoms with Gasteiger partial charge in [0.05, 0.1) is 0 Å². The van der Waals surface area contributed by atoms with Gasteiger partial charge in [0.2, 0.25) is 0 Å². The maximum Gasteiger partial charge on any atom is 0.0329 e. The Morgan fingerprint density at radius 2 is 1.81 bits per heavy atom. The fraction of sp³-hybridized carbons (Fsp3) is 0.667. The topological polar surface area (TPSA) is 18.5 Å². The van der Waals surface area contributed by atoms with Crippen molar-refractivity contribution in [3.63, 3.8) is 0 Å². The third-order valence-electron chi connectivity index (χ3n) is 4.85. The molecule has 1 fully saturated rings. The van der Waals surface area contributed by atoms with Gasteiger partial charge in [0.25, 0.3) is 0 Å². The minimum atomic E-state index is 0.470. The molecule has 1 heterocycles. The molecule has 1 atom stereocenters. The first-order chi connectivity index (χ1) is 10.1. The van der Waals surface area contributed by atoms with E-state index in [0.29, 0.717) is 6.04 Å². The summed E-state index contributed by atoms with van der Waals surface area (Å²) in [6.45, 7) is 5.83. The lowest BCUT2D eigenvalue weighted by Gasteiger charge is -2.35. The van der Waals surface area contributed by atoms with E-state index in [1.165, 1.54) is 50.0 Å². The van der Waals surface area contributed by atoms with Crippen LogP contribution in [0.1, 0.15) is 36.4 Å². The fourth-order valence-electron chi connectivity index (χ4n) is 3.25. The summed E-state index contributed by atoms with van der Waals surface area (Å²) in [6, 6.07) is 10.2. The molecule has 118 valence electrons. The predicted molar refractivity (Wildman–Crippen MR) is 90.7 cm³/mol. The van der Waals surface area contributed by atoms with Crippen LogP contribution < -0.4 is 5.32 Å². The summed E-state index contributed by atoms with van der Waals surface area (Å²) in [5.41, 5.74) is 2.74. The molecule has 0 bridgehead atoms. The van der Waals surface area contributed by atoms with Crippen molar-refractivity contribution in [3.05, 3.63) is 35.4 Å². The maximum atomic E-state index is 3.47. The molecule has 21 heavy (non-hydrogen) atoms. The molecular weight excluding hydrogens is 258 g/mol. The Hall–Kier alpha value is -0.900. The number of rotatable bonds is 6. The van der Waals surface area contributed by atoms with Crippen molar-refractivity contribution in [2.45, 2.75) is 38.3 Å². The van der Waals surface area contributed by atoms with Gasteiger partial charge < -0.3 is 15.1 Å². The van der Waals surface area contributed by atoms with Crippen LogP contribution in [0.15, 0.2) is 24.3 Å². The normalized spacial score (nSPS) is 19.1. The summed E-state index contributed by atoms with van der Waals surface area (Å²) in [5, 5.41) is 3.47. The fourth-order valence-corrected chi connectivity index (χ4v) is 3.25. The molecule has 1 saturated heterocycles. The van der Waals surface area contributed by atoms with Gasteiger partial charge in [-0.1, -0.05) is 29.8 Å². The molecule has 1 aliphatic heterocycles.